The van der Waals surface area contributed by atoms with Crippen molar-refractivity contribution in [3.8, 4) is 0 Å². The lowest BCUT2D eigenvalue weighted by Crippen LogP contribution is -2.43. The first kappa shape index (κ1) is 13.5. The Morgan fingerprint density at radius 3 is 2.47 bits per heavy atom. The van der Waals surface area contributed by atoms with Gasteiger partial charge in [-0.1, -0.05) is 43.1 Å². The van der Waals surface area contributed by atoms with Crippen molar-refractivity contribution in [1.29, 1.82) is 0 Å². The quantitative estimate of drug-likeness (QED) is 0.706. The summed E-state index contributed by atoms with van der Waals surface area (Å²) in [7, 11) is 0. The van der Waals surface area contributed by atoms with Gasteiger partial charge in [0.2, 0.25) is 0 Å². The van der Waals surface area contributed by atoms with Crippen LogP contribution in [0.3, 0.4) is 0 Å². The Morgan fingerprint density at radius 1 is 1.33 bits per heavy atom. The van der Waals surface area contributed by atoms with Crippen LogP contribution in [0.15, 0.2) is 0 Å². The molecule has 0 saturated carbocycles. The van der Waals surface area contributed by atoms with E-state index in [-0.39, 0.29) is 0 Å². The molecule has 1 aliphatic heterocycles. The number of nitrogens with zero attached hydrogens (tertiary/aromatic N) is 1. The number of alkyl halides is 1. The Balaban J connectivity index is 2.50. The second-order valence-electron chi connectivity index (χ2n) is 6.06. The van der Waals surface area contributed by atoms with Crippen molar-refractivity contribution in [3.05, 3.63) is 0 Å². The monoisotopic (exact) mass is 275 g/mol. The average molecular weight is 276 g/mol. The highest BCUT2D eigenvalue weighted by Crippen LogP contribution is 2.30. The molecule has 0 aromatic heterocycles. The van der Waals surface area contributed by atoms with E-state index in [0.29, 0.717) is 5.41 Å². The maximum absolute atomic E-state index is 3.67. The lowest BCUT2D eigenvalue weighted by atomic mass is 9.81. The van der Waals surface area contributed by atoms with Gasteiger partial charge < -0.3 is 4.90 Å². The largest absolute Gasteiger partial charge is 0.300 e. The molecule has 2 unspecified atom stereocenters. The van der Waals surface area contributed by atoms with Crippen LogP contribution in [-0.2, 0) is 0 Å². The number of likely N-dealkylation sites (tertiary alicyclic amines) is 1. The van der Waals surface area contributed by atoms with Gasteiger partial charge in [-0.2, -0.15) is 0 Å². The molecule has 1 saturated heterocycles. The number of halogens is 1. The van der Waals surface area contributed by atoms with Gasteiger partial charge in [0.15, 0.2) is 0 Å². The average Bonchev–Trinajstić information content (AvgIpc) is 2.14. The van der Waals surface area contributed by atoms with E-state index in [1.165, 1.54) is 32.4 Å². The zero-order chi connectivity index (χ0) is 11.5. The molecule has 0 radical (unpaired) electrons. The molecule has 2 atom stereocenters. The zero-order valence-electron chi connectivity index (χ0n) is 10.7. The molecule has 1 rings (SSSR count). The van der Waals surface area contributed by atoms with Crippen LogP contribution in [-0.4, -0.2) is 29.4 Å². The Morgan fingerprint density at radius 2 is 2.00 bits per heavy atom. The van der Waals surface area contributed by atoms with Crippen LogP contribution >= 0.6 is 15.9 Å². The van der Waals surface area contributed by atoms with Crippen LogP contribution in [0.4, 0.5) is 0 Å². The second kappa shape index (κ2) is 5.67. The minimum Gasteiger partial charge on any atom is -0.300 e. The highest BCUT2D eigenvalue weighted by Gasteiger charge is 2.28. The minimum absolute atomic E-state index is 0.417. The van der Waals surface area contributed by atoms with Crippen molar-refractivity contribution >= 4 is 15.9 Å². The molecule has 0 N–H and O–H groups in total. The normalized spacial score (nSPS) is 26.6. The van der Waals surface area contributed by atoms with E-state index < -0.39 is 0 Å². The van der Waals surface area contributed by atoms with E-state index in [9.17, 15) is 0 Å². The number of rotatable bonds is 3. The molecule has 0 aromatic carbocycles. The standard InChI is InChI=1S/C13H26BrN/c1-11-7-5-6-8-15(11)10-12(9-14)13(2,3)4/h11-12H,5-10H2,1-4H3. The summed E-state index contributed by atoms with van der Waals surface area (Å²) in [6.45, 7) is 12.0. The van der Waals surface area contributed by atoms with E-state index in [1.807, 2.05) is 0 Å². The van der Waals surface area contributed by atoms with Gasteiger partial charge in [0.25, 0.3) is 0 Å². The Bertz CT molecular complexity index is 185. The van der Waals surface area contributed by atoms with Gasteiger partial charge in [0.05, 0.1) is 0 Å². The highest BCUT2D eigenvalue weighted by atomic mass is 79.9. The van der Waals surface area contributed by atoms with Gasteiger partial charge in [-0.05, 0) is 37.6 Å². The molecule has 90 valence electrons. The summed E-state index contributed by atoms with van der Waals surface area (Å²) in [5, 5.41) is 1.12. The molecule has 1 heterocycles. The van der Waals surface area contributed by atoms with E-state index in [1.54, 1.807) is 0 Å². The summed E-state index contributed by atoms with van der Waals surface area (Å²) >= 11 is 3.67. The van der Waals surface area contributed by atoms with Crippen LogP contribution < -0.4 is 0 Å². The van der Waals surface area contributed by atoms with Crippen LogP contribution in [0, 0.1) is 11.3 Å². The summed E-state index contributed by atoms with van der Waals surface area (Å²) in [5.74, 6) is 0.762. The SMILES string of the molecule is CC1CCCCN1CC(CBr)C(C)(C)C. The predicted molar refractivity (Wildman–Crippen MR) is 71.6 cm³/mol. The molecule has 15 heavy (non-hydrogen) atoms. The maximum atomic E-state index is 3.67. The molecule has 2 heteroatoms. The number of hydrogen-bond donors (Lipinski definition) is 0. The third-order valence-electron chi connectivity index (χ3n) is 3.81. The molecule has 1 fully saturated rings. The topological polar surface area (TPSA) is 3.24 Å². The Labute approximate surface area is 104 Å². The van der Waals surface area contributed by atoms with Gasteiger partial charge in [0.1, 0.15) is 0 Å². The fourth-order valence-corrected chi connectivity index (χ4v) is 3.44. The van der Waals surface area contributed by atoms with Crippen LogP contribution in [0.5, 0.6) is 0 Å². The first-order chi connectivity index (χ1) is 6.95. The number of piperidine rings is 1. The molecule has 0 bridgehead atoms. The maximum Gasteiger partial charge on any atom is 0.00768 e. The smallest absolute Gasteiger partial charge is 0.00768 e. The minimum atomic E-state index is 0.417. The predicted octanol–water partition coefficient (Wildman–Crippen LogP) is 3.92. The van der Waals surface area contributed by atoms with Gasteiger partial charge >= 0.3 is 0 Å². The molecule has 1 aliphatic rings. The van der Waals surface area contributed by atoms with Crippen LogP contribution in [0.1, 0.15) is 47.0 Å². The van der Waals surface area contributed by atoms with Crippen molar-refractivity contribution in [1.82, 2.24) is 4.90 Å². The molecule has 0 aromatic rings. The molecular formula is C13H26BrN. The number of hydrogen-bond acceptors (Lipinski definition) is 1. The lowest BCUT2D eigenvalue weighted by Gasteiger charge is -2.39. The fourth-order valence-electron chi connectivity index (χ4n) is 2.27. The zero-order valence-corrected chi connectivity index (χ0v) is 12.3. The fraction of sp³-hybridized carbons (Fsp3) is 1.00. The van der Waals surface area contributed by atoms with Crippen molar-refractivity contribution < 1.29 is 0 Å². The Kier molecular flexibility index (Phi) is 5.11. The summed E-state index contributed by atoms with van der Waals surface area (Å²) < 4.78 is 0. The van der Waals surface area contributed by atoms with E-state index >= 15 is 0 Å². The van der Waals surface area contributed by atoms with Crippen molar-refractivity contribution in [2.75, 3.05) is 18.4 Å². The molecular weight excluding hydrogens is 250 g/mol. The van der Waals surface area contributed by atoms with E-state index in [4.69, 9.17) is 0 Å². The first-order valence-corrected chi connectivity index (χ1v) is 7.37. The van der Waals surface area contributed by atoms with Crippen molar-refractivity contribution in [3.63, 3.8) is 0 Å². The van der Waals surface area contributed by atoms with Gasteiger partial charge in [-0.3, -0.25) is 0 Å². The molecule has 1 nitrogen and oxygen atoms in total. The summed E-state index contributed by atoms with van der Waals surface area (Å²) in [4.78, 5) is 2.68. The van der Waals surface area contributed by atoms with Gasteiger partial charge in [-0.15, -0.1) is 0 Å². The van der Waals surface area contributed by atoms with Gasteiger partial charge in [0, 0.05) is 17.9 Å². The molecule has 0 spiro atoms. The molecule has 0 amide bonds. The summed E-state index contributed by atoms with van der Waals surface area (Å²) in [5.41, 5.74) is 0.417. The lowest BCUT2D eigenvalue weighted by molar-refractivity contribution is 0.105. The first-order valence-electron chi connectivity index (χ1n) is 6.25. The third-order valence-corrected chi connectivity index (χ3v) is 4.59. The highest BCUT2D eigenvalue weighted by molar-refractivity contribution is 9.09. The third kappa shape index (κ3) is 4.07. The summed E-state index contributed by atoms with van der Waals surface area (Å²) in [6.07, 6.45) is 4.20. The summed E-state index contributed by atoms with van der Waals surface area (Å²) in [6, 6.07) is 0.794. The van der Waals surface area contributed by atoms with Crippen LogP contribution in [0.2, 0.25) is 0 Å². The van der Waals surface area contributed by atoms with E-state index in [2.05, 4.69) is 48.5 Å². The van der Waals surface area contributed by atoms with Gasteiger partial charge in [-0.25, -0.2) is 0 Å². The van der Waals surface area contributed by atoms with Crippen LogP contribution in [0.25, 0.3) is 0 Å². The molecule has 0 aliphatic carbocycles. The van der Waals surface area contributed by atoms with E-state index in [0.717, 1.165) is 17.3 Å². The Hall–Kier alpha value is 0.440. The van der Waals surface area contributed by atoms with Crippen molar-refractivity contribution in [2.24, 2.45) is 11.3 Å². The second-order valence-corrected chi connectivity index (χ2v) is 6.70. The van der Waals surface area contributed by atoms with Crippen molar-refractivity contribution in [2.45, 2.75) is 53.0 Å².